The fourth-order valence-electron chi connectivity index (χ4n) is 3.87. The highest BCUT2D eigenvalue weighted by molar-refractivity contribution is 6.30. The number of piperazine rings is 1. The van der Waals surface area contributed by atoms with Gasteiger partial charge in [0.05, 0.1) is 6.54 Å². The lowest BCUT2D eigenvalue weighted by molar-refractivity contribution is -0.133. The van der Waals surface area contributed by atoms with Crippen LogP contribution in [0.25, 0.3) is 5.70 Å². The molecule has 1 saturated heterocycles. The highest BCUT2D eigenvalue weighted by Crippen LogP contribution is 2.30. The van der Waals surface area contributed by atoms with E-state index in [4.69, 9.17) is 11.6 Å². The Labute approximate surface area is 185 Å². The summed E-state index contributed by atoms with van der Waals surface area (Å²) in [5, 5.41) is 3.31. The van der Waals surface area contributed by atoms with Crippen LogP contribution in [0.5, 0.6) is 0 Å². The van der Waals surface area contributed by atoms with Crippen molar-refractivity contribution in [1.82, 2.24) is 15.1 Å². The Morgan fingerprint density at radius 1 is 1.00 bits per heavy atom. The number of hydrogen-bond donors (Lipinski definition) is 1. The average Bonchev–Trinajstić information content (AvgIpc) is 3.02. The second-order valence-electron chi connectivity index (χ2n) is 7.51. The fraction of sp³-hybridized carbons (Fsp3) is 0.261. The van der Waals surface area contributed by atoms with Gasteiger partial charge in [-0.1, -0.05) is 42.4 Å². The standard InChI is InChI=1S/C23H23ClN4O3/c1-16-19-7-2-3-8-20(19)23(31)28(16)15-21(29)25-14-22(30)27-11-9-26(10-12-27)18-6-4-5-17(24)13-18/h2-8,13H,1,9-12,14-15H2,(H,25,29). The molecule has 1 fully saturated rings. The van der Waals surface area contributed by atoms with E-state index in [0.717, 1.165) is 11.3 Å². The Balaban J connectivity index is 1.25. The molecule has 0 unspecified atom stereocenters. The largest absolute Gasteiger partial charge is 0.368 e. The second-order valence-corrected chi connectivity index (χ2v) is 7.94. The third-order valence-corrected chi connectivity index (χ3v) is 5.82. The van der Waals surface area contributed by atoms with Gasteiger partial charge in [0, 0.05) is 53.7 Å². The Morgan fingerprint density at radius 3 is 2.39 bits per heavy atom. The molecule has 31 heavy (non-hydrogen) atoms. The number of rotatable bonds is 5. The summed E-state index contributed by atoms with van der Waals surface area (Å²) in [5.41, 5.74) is 2.80. The third-order valence-electron chi connectivity index (χ3n) is 5.58. The zero-order chi connectivity index (χ0) is 22.0. The number of anilines is 1. The number of fused-ring (bicyclic) bond motifs is 1. The van der Waals surface area contributed by atoms with Gasteiger partial charge < -0.3 is 15.1 Å². The van der Waals surface area contributed by atoms with Gasteiger partial charge in [-0.2, -0.15) is 0 Å². The lowest BCUT2D eigenvalue weighted by atomic mass is 10.1. The molecule has 2 aliphatic heterocycles. The molecule has 2 aliphatic rings. The highest BCUT2D eigenvalue weighted by Gasteiger charge is 2.32. The van der Waals surface area contributed by atoms with Crippen LogP contribution in [0, 0.1) is 0 Å². The summed E-state index contributed by atoms with van der Waals surface area (Å²) in [6, 6.07) is 14.8. The van der Waals surface area contributed by atoms with Gasteiger partial charge in [0.15, 0.2) is 0 Å². The molecule has 0 bridgehead atoms. The predicted molar refractivity (Wildman–Crippen MR) is 120 cm³/mol. The van der Waals surface area contributed by atoms with Crippen LogP contribution in [0.1, 0.15) is 15.9 Å². The molecule has 7 nitrogen and oxygen atoms in total. The van der Waals surface area contributed by atoms with Gasteiger partial charge in [0.2, 0.25) is 11.8 Å². The highest BCUT2D eigenvalue weighted by atomic mass is 35.5. The first-order valence-electron chi connectivity index (χ1n) is 10.1. The van der Waals surface area contributed by atoms with Crippen molar-refractivity contribution in [2.24, 2.45) is 0 Å². The number of carbonyl (C=O) groups excluding carboxylic acids is 3. The van der Waals surface area contributed by atoms with E-state index >= 15 is 0 Å². The zero-order valence-corrected chi connectivity index (χ0v) is 17.8. The molecule has 1 N–H and O–H groups in total. The van der Waals surface area contributed by atoms with Crippen molar-refractivity contribution in [1.29, 1.82) is 0 Å². The molecule has 0 atom stereocenters. The number of amides is 3. The molecule has 0 spiro atoms. The van der Waals surface area contributed by atoms with E-state index in [1.165, 1.54) is 4.90 Å². The normalized spacial score (nSPS) is 15.8. The Bertz CT molecular complexity index is 1010. The van der Waals surface area contributed by atoms with Crippen molar-refractivity contribution < 1.29 is 14.4 Å². The quantitative estimate of drug-likeness (QED) is 0.777. The third kappa shape index (κ3) is 4.41. The number of carbonyl (C=O) groups is 3. The van der Waals surface area contributed by atoms with Gasteiger partial charge >= 0.3 is 0 Å². The lowest BCUT2D eigenvalue weighted by Gasteiger charge is -2.36. The molecule has 0 aromatic heterocycles. The van der Waals surface area contributed by atoms with Crippen LogP contribution in [0.3, 0.4) is 0 Å². The fourth-order valence-corrected chi connectivity index (χ4v) is 4.06. The maximum absolute atomic E-state index is 12.5. The summed E-state index contributed by atoms with van der Waals surface area (Å²) in [4.78, 5) is 42.6. The SMILES string of the molecule is C=C1c2ccccc2C(=O)N1CC(=O)NCC(=O)N1CCN(c2cccc(Cl)c2)CC1. The smallest absolute Gasteiger partial charge is 0.259 e. The van der Waals surface area contributed by atoms with Gasteiger partial charge in [-0.15, -0.1) is 0 Å². The van der Waals surface area contributed by atoms with Crippen LogP contribution in [0.2, 0.25) is 5.02 Å². The first kappa shape index (κ1) is 20.9. The molecule has 0 saturated carbocycles. The minimum absolute atomic E-state index is 0.0997. The molecule has 0 radical (unpaired) electrons. The van der Waals surface area contributed by atoms with E-state index in [9.17, 15) is 14.4 Å². The number of hydrogen-bond acceptors (Lipinski definition) is 4. The first-order chi connectivity index (χ1) is 14.9. The minimum Gasteiger partial charge on any atom is -0.368 e. The van der Waals surface area contributed by atoms with Crippen molar-refractivity contribution >= 4 is 40.7 Å². The van der Waals surface area contributed by atoms with E-state index in [1.807, 2.05) is 30.3 Å². The van der Waals surface area contributed by atoms with E-state index in [2.05, 4.69) is 16.8 Å². The number of nitrogens with one attached hydrogen (secondary N) is 1. The van der Waals surface area contributed by atoms with Crippen molar-refractivity contribution in [3.05, 3.63) is 71.3 Å². The Hall–Kier alpha value is -3.32. The molecule has 8 heteroatoms. The van der Waals surface area contributed by atoms with E-state index in [1.54, 1.807) is 23.1 Å². The van der Waals surface area contributed by atoms with Gasteiger partial charge in [0.25, 0.3) is 5.91 Å². The molecule has 2 aromatic carbocycles. The lowest BCUT2D eigenvalue weighted by Crippen LogP contribution is -2.51. The molecule has 2 heterocycles. The predicted octanol–water partition coefficient (Wildman–Crippen LogP) is 2.23. The maximum atomic E-state index is 12.5. The molecule has 160 valence electrons. The van der Waals surface area contributed by atoms with Crippen molar-refractivity contribution in [3.63, 3.8) is 0 Å². The number of nitrogens with zero attached hydrogens (tertiary/aromatic N) is 3. The van der Waals surface area contributed by atoms with E-state index < -0.39 is 5.91 Å². The van der Waals surface area contributed by atoms with Crippen molar-refractivity contribution in [2.45, 2.75) is 0 Å². The minimum atomic E-state index is -0.395. The topological polar surface area (TPSA) is 73.0 Å². The summed E-state index contributed by atoms with van der Waals surface area (Å²) in [6.07, 6.45) is 0. The summed E-state index contributed by atoms with van der Waals surface area (Å²) in [6.45, 7) is 6.18. The number of halogens is 1. The van der Waals surface area contributed by atoms with E-state index in [-0.39, 0.29) is 24.9 Å². The van der Waals surface area contributed by atoms with Crippen molar-refractivity contribution in [2.75, 3.05) is 44.2 Å². The van der Waals surface area contributed by atoms with Gasteiger partial charge in [0.1, 0.15) is 6.54 Å². The summed E-state index contributed by atoms with van der Waals surface area (Å²) < 4.78 is 0. The van der Waals surface area contributed by atoms with Gasteiger partial charge in [-0.3, -0.25) is 19.3 Å². The van der Waals surface area contributed by atoms with Gasteiger partial charge in [-0.05, 0) is 24.3 Å². The maximum Gasteiger partial charge on any atom is 0.259 e. The Morgan fingerprint density at radius 2 is 1.71 bits per heavy atom. The zero-order valence-electron chi connectivity index (χ0n) is 17.0. The monoisotopic (exact) mass is 438 g/mol. The Kier molecular flexibility index (Phi) is 5.95. The first-order valence-corrected chi connectivity index (χ1v) is 10.5. The van der Waals surface area contributed by atoms with Crippen LogP contribution in [-0.4, -0.2) is 66.8 Å². The van der Waals surface area contributed by atoms with Crippen LogP contribution >= 0.6 is 11.6 Å². The number of benzene rings is 2. The van der Waals surface area contributed by atoms with Gasteiger partial charge in [-0.25, -0.2) is 0 Å². The van der Waals surface area contributed by atoms with Crippen LogP contribution in [0.15, 0.2) is 55.1 Å². The van der Waals surface area contributed by atoms with Crippen LogP contribution in [0.4, 0.5) is 5.69 Å². The second kappa shape index (κ2) is 8.81. The average molecular weight is 439 g/mol. The summed E-state index contributed by atoms with van der Waals surface area (Å²) in [5.74, 6) is -0.790. The van der Waals surface area contributed by atoms with Crippen LogP contribution in [-0.2, 0) is 9.59 Å². The molecule has 2 aromatic rings. The van der Waals surface area contributed by atoms with Crippen LogP contribution < -0.4 is 10.2 Å². The van der Waals surface area contributed by atoms with E-state index in [0.29, 0.717) is 42.5 Å². The molecular weight excluding hydrogens is 416 g/mol. The van der Waals surface area contributed by atoms with Crippen molar-refractivity contribution in [3.8, 4) is 0 Å². The molecule has 4 rings (SSSR count). The summed E-state index contributed by atoms with van der Waals surface area (Å²) in [7, 11) is 0. The molecule has 3 amide bonds. The summed E-state index contributed by atoms with van der Waals surface area (Å²) >= 11 is 6.06. The molecule has 0 aliphatic carbocycles. The molecular formula is C23H23ClN4O3.